The third kappa shape index (κ3) is 2.77. The fraction of sp³-hybridized carbons (Fsp3) is 0.800. The Morgan fingerprint density at radius 3 is 2.83 bits per heavy atom. The summed E-state index contributed by atoms with van der Waals surface area (Å²) in [5.41, 5.74) is 0. The number of aromatic nitrogens is 2. The summed E-state index contributed by atoms with van der Waals surface area (Å²) in [6.45, 7) is 8.74. The molecule has 1 saturated carbocycles. The third-order valence-electron chi connectivity index (χ3n) is 4.42. The van der Waals surface area contributed by atoms with E-state index in [0.717, 1.165) is 24.9 Å². The second-order valence-corrected chi connectivity index (χ2v) is 5.45. The minimum absolute atomic E-state index is 0.446. The lowest BCUT2D eigenvalue weighted by Crippen LogP contribution is -2.29. The van der Waals surface area contributed by atoms with Crippen LogP contribution in [0.5, 0.6) is 0 Å². The van der Waals surface area contributed by atoms with Gasteiger partial charge in [-0.25, -0.2) is 4.98 Å². The van der Waals surface area contributed by atoms with Gasteiger partial charge in [0.2, 0.25) is 0 Å². The minimum Gasteiger partial charge on any atom is -0.334 e. The van der Waals surface area contributed by atoms with Crippen LogP contribution in [-0.4, -0.2) is 16.1 Å². The molecule has 1 heterocycles. The van der Waals surface area contributed by atoms with Crippen molar-refractivity contribution in [3.8, 4) is 0 Å². The van der Waals surface area contributed by atoms with E-state index >= 15 is 0 Å². The molecule has 3 atom stereocenters. The number of imidazole rings is 1. The van der Waals surface area contributed by atoms with Crippen molar-refractivity contribution in [2.75, 3.05) is 6.54 Å². The van der Waals surface area contributed by atoms with E-state index in [1.54, 1.807) is 0 Å². The van der Waals surface area contributed by atoms with Gasteiger partial charge in [0.1, 0.15) is 5.82 Å². The van der Waals surface area contributed by atoms with E-state index < -0.39 is 0 Å². The Morgan fingerprint density at radius 2 is 2.22 bits per heavy atom. The summed E-state index contributed by atoms with van der Waals surface area (Å²) in [6.07, 6.45) is 9.49. The van der Waals surface area contributed by atoms with Crippen molar-refractivity contribution in [2.24, 2.45) is 11.8 Å². The van der Waals surface area contributed by atoms with Crippen LogP contribution >= 0.6 is 0 Å². The highest BCUT2D eigenvalue weighted by Gasteiger charge is 2.32. The van der Waals surface area contributed by atoms with E-state index in [0.29, 0.717) is 6.04 Å². The second kappa shape index (κ2) is 6.37. The van der Waals surface area contributed by atoms with Crippen molar-refractivity contribution in [1.29, 1.82) is 0 Å². The van der Waals surface area contributed by atoms with Crippen LogP contribution in [0.3, 0.4) is 0 Å². The van der Waals surface area contributed by atoms with E-state index in [1.807, 2.05) is 6.20 Å². The van der Waals surface area contributed by atoms with Crippen LogP contribution in [0.2, 0.25) is 0 Å². The molecule has 1 aliphatic rings. The van der Waals surface area contributed by atoms with Crippen LogP contribution in [0.15, 0.2) is 12.4 Å². The Balaban J connectivity index is 2.13. The van der Waals surface area contributed by atoms with E-state index in [1.165, 1.54) is 31.5 Å². The van der Waals surface area contributed by atoms with Gasteiger partial charge in [0, 0.05) is 18.9 Å². The topological polar surface area (TPSA) is 29.9 Å². The molecule has 1 aromatic rings. The van der Waals surface area contributed by atoms with Gasteiger partial charge in [-0.2, -0.15) is 0 Å². The molecule has 18 heavy (non-hydrogen) atoms. The average Bonchev–Trinajstić information content (AvgIpc) is 3.04. The average molecular weight is 249 g/mol. The summed E-state index contributed by atoms with van der Waals surface area (Å²) in [5, 5.41) is 3.66. The standard InChI is InChI=1S/C15H27N3/c1-4-12-7-8-13(11-12)14(16-5-2)15-17-9-10-18(15)6-3/h9-10,12-14,16H,4-8,11H2,1-3H3. The molecule has 0 radical (unpaired) electrons. The van der Waals surface area contributed by atoms with Crippen LogP contribution in [-0.2, 0) is 6.54 Å². The molecule has 102 valence electrons. The van der Waals surface area contributed by atoms with E-state index in [9.17, 15) is 0 Å². The predicted molar refractivity (Wildman–Crippen MR) is 75.4 cm³/mol. The van der Waals surface area contributed by atoms with Crippen molar-refractivity contribution < 1.29 is 0 Å². The van der Waals surface area contributed by atoms with E-state index in [4.69, 9.17) is 0 Å². The Hall–Kier alpha value is -0.830. The maximum atomic E-state index is 4.60. The van der Waals surface area contributed by atoms with E-state index in [-0.39, 0.29) is 0 Å². The maximum Gasteiger partial charge on any atom is 0.126 e. The smallest absolute Gasteiger partial charge is 0.126 e. The number of nitrogens with zero attached hydrogens (tertiary/aromatic N) is 2. The molecule has 3 heteroatoms. The van der Waals surface area contributed by atoms with Crippen molar-refractivity contribution in [3.63, 3.8) is 0 Å². The molecule has 1 N–H and O–H groups in total. The van der Waals surface area contributed by atoms with Crippen LogP contribution < -0.4 is 5.32 Å². The van der Waals surface area contributed by atoms with Crippen molar-refractivity contribution in [1.82, 2.24) is 14.9 Å². The van der Waals surface area contributed by atoms with Gasteiger partial charge in [-0.05, 0) is 38.1 Å². The molecule has 1 aliphatic carbocycles. The highest BCUT2D eigenvalue weighted by Crippen LogP contribution is 2.39. The van der Waals surface area contributed by atoms with Gasteiger partial charge in [-0.3, -0.25) is 0 Å². The molecule has 0 aromatic carbocycles. The first-order valence-corrected chi connectivity index (χ1v) is 7.54. The Morgan fingerprint density at radius 1 is 1.39 bits per heavy atom. The van der Waals surface area contributed by atoms with Gasteiger partial charge in [-0.15, -0.1) is 0 Å². The molecule has 3 unspecified atom stereocenters. The molecule has 0 saturated heterocycles. The lowest BCUT2D eigenvalue weighted by Gasteiger charge is -2.25. The molecule has 0 aliphatic heterocycles. The first kappa shape index (κ1) is 13.6. The summed E-state index contributed by atoms with van der Waals surface area (Å²) in [7, 11) is 0. The Bertz CT molecular complexity index is 358. The summed E-state index contributed by atoms with van der Waals surface area (Å²) < 4.78 is 2.28. The zero-order chi connectivity index (χ0) is 13.0. The first-order valence-electron chi connectivity index (χ1n) is 7.54. The quantitative estimate of drug-likeness (QED) is 0.837. The third-order valence-corrected chi connectivity index (χ3v) is 4.42. The SMILES string of the molecule is CCNC(c1nccn1CC)C1CCC(CC)C1. The van der Waals surface area contributed by atoms with Gasteiger partial charge in [0.15, 0.2) is 0 Å². The lowest BCUT2D eigenvalue weighted by atomic mass is 9.95. The largest absolute Gasteiger partial charge is 0.334 e. The van der Waals surface area contributed by atoms with Crippen molar-refractivity contribution in [2.45, 2.75) is 59.0 Å². The normalized spacial score (nSPS) is 25.5. The number of hydrogen-bond acceptors (Lipinski definition) is 2. The van der Waals surface area contributed by atoms with Gasteiger partial charge >= 0.3 is 0 Å². The zero-order valence-electron chi connectivity index (χ0n) is 12.0. The number of rotatable bonds is 6. The van der Waals surface area contributed by atoms with Crippen molar-refractivity contribution in [3.05, 3.63) is 18.2 Å². The molecular formula is C15H27N3. The molecule has 3 nitrogen and oxygen atoms in total. The monoisotopic (exact) mass is 249 g/mol. The molecule has 0 bridgehead atoms. The molecule has 2 rings (SSSR count). The number of aryl methyl sites for hydroxylation is 1. The van der Waals surface area contributed by atoms with Crippen LogP contribution in [0.4, 0.5) is 0 Å². The van der Waals surface area contributed by atoms with E-state index in [2.05, 4.69) is 41.8 Å². The lowest BCUT2D eigenvalue weighted by molar-refractivity contribution is 0.337. The summed E-state index contributed by atoms with van der Waals surface area (Å²) in [4.78, 5) is 4.60. The zero-order valence-corrected chi connectivity index (χ0v) is 12.0. The highest BCUT2D eigenvalue weighted by atomic mass is 15.1. The predicted octanol–water partition coefficient (Wildman–Crippen LogP) is 3.38. The molecular weight excluding hydrogens is 222 g/mol. The molecule has 1 aromatic heterocycles. The summed E-state index contributed by atoms with van der Waals surface area (Å²) >= 11 is 0. The summed E-state index contributed by atoms with van der Waals surface area (Å²) in [6, 6.07) is 0.446. The second-order valence-electron chi connectivity index (χ2n) is 5.45. The fourth-order valence-corrected chi connectivity index (χ4v) is 3.34. The Kier molecular flexibility index (Phi) is 4.81. The fourth-order valence-electron chi connectivity index (χ4n) is 3.34. The number of nitrogens with one attached hydrogen (secondary N) is 1. The maximum absolute atomic E-state index is 4.60. The number of hydrogen-bond donors (Lipinski definition) is 1. The molecule has 0 amide bonds. The first-order chi connectivity index (χ1) is 8.80. The van der Waals surface area contributed by atoms with Gasteiger partial charge in [0.05, 0.1) is 6.04 Å². The summed E-state index contributed by atoms with van der Waals surface area (Å²) in [5.74, 6) is 2.94. The van der Waals surface area contributed by atoms with Crippen LogP contribution in [0.25, 0.3) is 0 Å². The van der Waals surface area contributed by atoms with Crippen LogP contribution in [0, 0.1) is 11.8 Å². The molecule has 1 fully saturated rings. The Labute approximate surface area is 111 Å². The van der Waals surface area contributed by atoms with Gasteiger partial charge in [0.25, 0.3) is 0 Å². The van der Waals surface area contributed by atoms with Gasteiger partial charge in [-0.1, -0.05) is 26.7 Å². The van der Waals surface area contributed by atoms with Crippen molar-refractivity contribution >= 4 is 0 Å². The van der Waals surface area contributed by atoms with Gasteiger partial charge < -0.3 is 9.88 Å². The molecule has 0 spiro atoms. The van der Waals surface area contributed by atoms with Crippen LogP contribution in [0.1, 0.15) is 58.3 Å². The highest BCUT2D eigenvalue weighted by molar-refractivity contribution is 5.03. The minimum atomic E-state index is 0.446.